The molecule has 27 heavy (non-hydrogen) atoms. The van der Waals surface area contributed by atoms with E-state index in [1.807, 2.05) is 0 Å². The summed E-state index contributed by atoms with van der Waals surface area (Å²) in [6.07, 6.45) is -2.26. The maximum absolute atomic E-state index is 13.0. The summed E-state index contributed by atoms with van der Waals surface area (Å²) in [5, 5.41) is 0.496. The fraction of sp³-hybridized carbons (Fsp3) is 0.176. The maximum Gasteiger partial charge on any atom is 0.431 e. The summed E-state index contributed by atoms with van der Waals surface area (Å²) in [5.74, 6) is 0.239. The molecule has 0 aliphatic carbocycles. The van der Waals surface area contributed by atoms with E-state index in [0.29, 0.717) is 15.2 Å². The zero-order valence-electron chi connectivity index (χ0n) is 13.8. The first-order valence-corrected chi connectivity index (χ1v) is 7.88. The molecule has 0 fully saturated rings. The molecule has 3 aromatic rings. The smallest absolute Gasteiger partial charge is 0.431 e. The highest BCUT2D eigenvalue weighted by molar-refractivity contribution is 6.32. The van der Waals surface area contributed by atoms with Crippen LogP contribution in [0.5, 0.6) is 5.75 Å². The molecule has 0 aliphatic rings. The summed E-state index contributed by atoms with van der Waals surface area (Å²) in [6.45, 7) is 3.67. The van der Waals surface area contributed by atoms with Crippen LogP contribution in [0.15, 0.2) is 51.1 Å². The van der Waals surface area contributed by atoms with E-state index < -0.39 is 23.1 Å². The van der Waals surface area contributed by atoms with Crippen LogP contribution < -0.4 is 16.0 Å². The van der Waals surface area contributed by atoms with Crippen molar-refractivity contribution in [1.29, 1.82) is 0 Å². The van der Waals surface area contributed by atoms with Crippen molar-refractivity contribution in [3.63, 3.8) is 0 Å². The number of nitrogens with zero attached hydrogens (tertiary/aromatic N) is 2. The van der Waals surface area contributed by atoms with Crippen molar-refractivity contribution in [1.82, 2.24) is 9.13 Å². The molecule has 10 heteroatoms. The van der Waals surface area contributed by atoms with Gasteiger partial charge in [0.05, 0.1) is 5.02 Å². The molecule has 0 saturated carbocycles. The second-order valence-electron chi connectivity index (χ2n) is 5.54. The highest BCUT2D eigenvalue weighted by atomic mass is 35.5. The van der Waals surface area contributed by atoms with Crippen molar-refractivity contribution in [2.75, 3.05) is 6.61 Å². The molecular formula is C17H12ClF3N2O4. The molecule has 0 spiro atoms. The van der Waals surface area contributed by atoms with Gasteiger partial charge >= 0.3 is 11.9 Å². The summed E-state index contributed by atoms with van der Waals surface area (Å²) in [7, 11) is 0.929. The molecular weight excluding hydrogens is 389 g/mol. The average molecular weight is 401 g/mol. The Balaban J connectivity index is 2.27. The predicted molar refractivity (Wildman–Crippen MR) is 92.8 cm³/mol. The number of benzene rings is 1. The second kappa shape index (κ2) is 6.66. The van der Waals surface area contributed by atoms with Crippen molar-refractivity contribution in [3.05, 3.63) is 68.7 Å². The van der Waals surface area contributed by atoms with E-state index in [4.69, 9.17) is 20.8 Å². The molecule has 0 aliphatic heterocycles. The zero-order valence-corrected chi connectivity index (χ0v) is 14.6. The maximum atomic E-state index is 13.0. The van der Waals surface area contributed by atoms with Crippen LogP contribution in [0.25, 0.3) is 16.7 Å². The van der Waals surface area contributed by atoms with Gasteiger partial charge < -0.3 is 9.15 Å². The van der Waals surface area contributed by atoms with Crippen molar-refractivity contribution >= 4 is 22.6 Å². The number of halogens is 4. The lowest BCUT2D eigenvalue weighted by Crippen LogP contribution is -2.40. The van der Waals surface area contributed by atoms with Gasteiger partial charge in [-0.25, -0.2) is 9.36 Å². The summed E-state index contributed by atoms with van der Waals surface area (Å²) in [4.78, 5) is 24.7. The molecule has 2 aromatic heterocycles. The van der Waals surface area contributed by atoms with Gasteiger partial charge in [0.2, 0.25) is 0 Å². The Morgan fingerprint density at radius 3 is 2.63 bits per heavy atom. The quantitative estimate of drug-likeness (QED) is 0.628. The Labute approximate surface area is 154 Å². The van der Waals surface area contributed by atoms with Crippen LogP contribution in [0.1, 0.15) is 5.69 Å². The summed E-state index contributed by atoms with van der Waals surface area (Å²) in [5.41, 5.74) is -3.45. The fourth-order valence-corrected chi connectivity index (χ4v) is 2.78. The number of hydrogen-bond donors (Lipinski definition) is 0. The Morgan fingerprint density at radius 2 is 2.00 bits per heavy atom. The van der Waals surface area contributed by atoms with Gasteiger partial charge in [-0.05, 0) is 6.07 Å². The largest absolute Gasteiger partial charge is 0.488 e. The van der Waals surface area contributed by atoms with E-state index in [9.17, 15) is 22.8 Å². The third-order valence-corrected chi connectivity index (χ3v) is 4.11. The van der Waals surface area contributed by atoms with Gasteiger partial charge in [-0.1, -0.05) is 24.3 Å². The molecule has 0 amide bonds. The average Bonchev–Trinajstić information content (AvgIpc) is 2.97. The van der Waals surface area contributed by atoms with Crippen LogP contribution in [-0.2, 0) is 13.2 Å². The van der Waals surface area contributed by atoms with Crippen LogP contribution >= 0.6 is 11.6 Å². The lowest BCUT2D eigenvalue weighted by atomic mass is 10.2. The normalized spacial score (nSPS) is 11.7. The first-order chi connectivity index (χ1) is 12.6. The Morgan fingerprint density at radius 1 is 1.30 bits per heavy atom. The van der Waals surface area contributed by atoms with E-state index in [2.05, 4.69) is 6.58 Å². The molecule has 0 saturated heterocycles. The van der Waals surface area contributed by atoms with Crippen LogP contribution in [0, 0.1) is 0 Å². The lowest BCUT2D eigenvalue weighted by molar-refractivity contribution is -0.144. The van der Waals surface area contributed by atoms with Crippen LogP contribution in [-0.4, -0.2) is 15.7 Å². The number of aromatic nitrogens is 2. The zero-order chi connectivity index (χ0) is 19.9. The number of hydrogen-bond acceptors (Lipinski definition) is 4. The highest BCUT2D eigenvalue weighted by Gasteiger charge is 2.35. The van der Waals surface area contributed by atoms with E-state index in [-0.39, 0.29) is 34.0 Å². The topological polar surface area (TPSA) is 66.4 Å². The number of ether oxygens (including phenoxy) is 1. The van der Waals surface area contributed by atoms with Crippen molar-refractivity contribution in [3.8, 4) is 11.4 Å². The summed E-state index contributed by atoms with van der Waals surface area (Å²) >= 11 is 6.07. The molecule has 142 valence electrons. The third-order valence-electron chi connectivity index (χ3n) is 3.82. The molecule has 0 N–H and O–H groups in total. The Hall–Kier alpha value is -2.94. The molecule has 0 bridgehead atoms. The minimum Gasteiger partial charge on any atom is -0.488 e. The van der Waals surface area contributed by atoms with Crippen LogP contribution in [0.4, 0.5) is 13.2 Å². The van der Waals surface area contributed by atoms with Gasteiger partial charge in [0, 0.05) is 24.6 Å². The van der Waals surface area contributed by atoms with E-state index in [1.165, 1.54) is 18.2 Å². The second-order valence-corrected chi connectivity index (χ2v) is 5.95. The SMILES string of the molecule is C=CCOc1cc2c(-n3c(=O)cc(C(F)(F)F)n(C)c3=O)coc2cc1Cl. The number of rotatable bonds is 4. The van der Waals surface area contributed by atoms with Gasteiger partial charge in [0.1, 0.15) is 35.6 Å². The van der Waals surface area contributed by atoms with Gasteiger partial charge in [0.15, 0.2) is 0 Å². The Bertz CT molecular complexity index is 1160. The van der Waals surface area contributed by atoms with Gasteiger partial charge in [-0.15, -0.1) is 0 Å². The number of fused-ring (bicyclic) bond motifs is 1. The molecule has 1 aromatic carbocycles. The molecule has 0 atom stereocenters. The van der Waals surface area contributed by atoms with E-state index in [0.717, 1.165) is 13.3 Å². The lowest BCUT2D eigenvalue weighted by Gasteiger charge is -2.13. The molecule has 3 rings (SSSR count). The first kappa shape index (κ1) is 18.8. The minimum atomic E-state index is -4.84. The molecule has 0 radical (unpaired) electrons. The number of furan rings is 1. The monoisotopic (exact) mass is 400 g/mol. The van der Waals surface area contributed by atoms with E-state index in [1.54, 1.807) is 0 Å². The fourth-order valence-electron chi connectivity index (χ4n) is 2.57. The first-order valence-electron chi connectivity index (χ1n) is 7.50. The summed E-state index contributed by atoms with van der Waals surface area (Å²) < 4.78 is 50.6. The van der Waals surface area contributed by atoms with Crippen LogP contribution in [0.2, 0.25) is 5.02 Å². The molecule has 2 heterocycles. The van der Waals surface area contributed by atoms with Gasteiger partial charge in [-0.2, -0.15) is 13.2 Å². The standard InChI is InChI=1S/C17H12ClF3N2O4/c1-3-4-26-13-5-9-11(8-27-12(9)6-10(13)18)23-15(24)7-14(17(19,20)21)22(2)16(23)25/h3,5-8H,1,4H2,2H3. The summed E-state index contributed by atoms with van der Waals surface area (Å²) in [6, 6.07) is 3.20. The van der Waals surface area contributed by atoms with Gasteiger partial charge in [-0.3, -0.25) is 9.36 Å². The third kappa shape index (κ3) is 3.25. The number of alkyl halides is 3. The van der Waals surface area contributed by atoms with Gasteiger partial charge in [0.25, 0.3) is 5.56 Å². The van der Waals surface area contributed by atoms with Crippen LogP contribution in [0.3, 0.4) is 0 Å². The Kier molecular flexibility index (Phi) is 4.64. The highest BCUT2D eigenvalue weighted by Crippen LogP contribution is 2.34. The predicted octanol–water partition coefficient (Wildman–Crippen LogP) is 3.52. The minimum absolute atomic E-state index is 0.0237. The molecule has 0 unspecified atom stereocenters. The van der Waals surface area contributed by atoms with Crippen molar-refractivity contribution < 1.29 is 22.3 Å². The van der Waals surface area contributed by atoms with Crippen molar-refractivity contribution in [2.24, 2.45) is 7.05 Å². The van der Waals surface area contributed by atoms with E-state index >= 15 is 0 Å². The van der Waals surface area contributed by atoms with Crippen molar-refractivity contribution in [2.45, 2.75) is 6.18 Å². The molecule has 6 nitrogen and oxygen atoms in total.